The van der Waals surface area contributed by atoms with Gasteiger partial charge in [-0.2, -0.15) is 0 Å². The molecular formula is C12H16BrFN6O3S. The number of halogens is 2. The minimum Gasteiger partial charge on any atom is -0.409 e. The third-order valence-corrected chi connectivity index (χ3v) is 4.56. The van der Waals surface area contributed by atoms with Crippen LogP contribution in [0, 0.1) is 5.82 Å². The quantitative estimate of drug-likeness (QED) is 0.154. The van der Waals surface area contributed by atoms with Crippen LogP contribution in [0.5, 0.6) is 0 Å². The summed E-state index contributed by atoms with van der Waals surface area (Å²) in [6.07, 6.45) is 1.46. The van der Waals surface area contributed by atoms with Crippen molar-refractivity contribution in [1.29, 1.82) is 0 Å². The van der Waals surface area contributed by atoms with Crippen LogP contribution in [0.1, 0.15) is 5.69 Å². The maximum Gasteiger partial charge on any atom is 0.203 e. The molecule has 9 nitrogen and oxygen atoms in total. The van der Waals surface area contributed by atoms with Crippen molar-refractivity contribution >= 4 is 43.4 Å². The predicted octanol–water partition coefficient (Wildman–Crippen LogP) is 1.15. The minimum atomic E-state index is -2.67. The van der Waals surface area contributed by atoms with Gasteiger partial charge < -0.3 is 15.8 Å². The summed E-state index contributed by atoms with van der Waals surface area (Å²) in [7, 11) is -2.67. The molecule has 0 aliphatic carbocycles. The second-order valence-corrected chi connectivity index (χ2v) is 8.64. The Morgan fingerprint density at radius 2 is 2.29 bits per heavy atom. The van der Waals surface area contributed by atoms with Crippen LogP contribution in [0.15, 0.2) is 32.5 Å². The van der Waals surface area contributed by atoms with Crippen molar-refractivity contribution in [3.05, 3.63) is 34.2 Å². The number of hydrogen-bond acceptors (Lipinski definition) is 7. The van der Waals surface area contributed by atoms with E-state index >= 15 is 0 Å². The molecule has 12 heteroatoms. The van der Waals surface area contributed by atoms with Crippen LogP contribution in [0.3, 0.4) is 0 Å². The average Bonchev–Trinajstić information content (AvgIpc) is 2.95. The molecule has 0 amide bonds. The van der Waals surface area contributed by atoms with Crippen molar-refractivity contribution in [3.63, 3.8) is 0 Å². The van der Waals surface area contributed by atoms with Crippen LogP contribution in [0.25, 0.3) is 0 Å². The van der Waals surface area contributed by atoms with Crippen LogP contribution in [0.2, 0.25) is 0 Å². The van der Waals surface area contributed by atoms with Crippen LogP contribution in [-0.2, 0) is 10.1 Å². The van der Waals surface area contributed by atoms with E-state index in [0.717, 1.165) is 0 Å². The second-order valence-electron chi connectivity index (χ2n) is 4.99. The summed E-state index contributed by atoms with van der Waals surface area (Å²) in [5.41, 5.74) is 0.547. The SMILES string of the molecule is C[SH](N)(=O)CCNc1nonc1/C(=N/O)Nc1ccc(F)c(Br)c1. The summed E-state index contributed by atoms with van der Waals surface area (Å²) >= 11 is 3.06. The molecule has 1 aromatic carbocycles. The van der Waals surface area contributed by atoms with E-state index in [1.165, 1.54) is 24.5 Å². The summed E-state index contributed by atoms with van der Waals surface area (Å²) in [6, 6.07) is 4.15. The van der Waals surface area contributed by atoms with E-state index in [4.69, 9.17) is 5.14 Å². The van der Waals surface area contributed by atoms with Crippen molar-refractivity contribution in [2.45, 2.75) is 0 Å². The molecule has 132 valence electrons. The summed E-state index contributed by atoms with van der Waals surface area (Å²) in [6.45, 7) is 0.270. The molecule has 1 heterocycles. The number of anilines is 2. The first-order chi connectivity index (χ1) is 11.3. The number of thiol groups is 1. The number of nitrogens with one attached hydrogen (secondary N) is 2. The zero-order valence-electron chi connectivity index (χ0n) is 12.5. The van der Waals surface area contributed by atoms with Gasteiger partial charge in [0.05, 0.1) is 4.47 Å². The van der Waals surface area contributed by atoms with Crippen LogP contribution in [0.4, 0.5) is 15.9 Å². The van der Waals surface area contributed by atoms with Crippen molar-refractivity contribution in [2.75, 3.05) is 29.2 Å². The smallest absolute Gasteiger partial charge is 0.203 e. The lowest BCUT2D eigenvalue weighted by Gasteiger charge is -2.12. The van der Waals surface area contributed by atoms with E-state index in [1.54, 1.807) is 0 Å². The first kappa shape index (κ1) is 18.3. The monoisotopic (exact) mass is 422 g/mol. The highest BCUT2D eigenvalue weighted by molar-refractivity contribution is 9.10. The first-order valence-electron chi connectivity index (χ1n) is 6.66. The molecule has 0 radical (unpaired) electrons. The van der Waals surface area contributed by atoms with E-state index in [1.807, 2.05) is 0 Å². The maximum absolute atomic E-state index is 13.3. The number of hydrogen-bond donors (Lipinski definition) is 5. The summed E-state index contributed by atoms with van der Waals surface area (Å²) in [5.74, 6) is -0.0719. The molecule has 0 aliphatic rings. The molecule has 0 saturated carbocycles. The molecule has 0 bridgehead atoms. The number of benzene rings is 1. The second kappa shape index (κ2) is 7.68. The number of oxime groups is 1. The summed E-state index contributed by atoms with van der Waals surface area (Å²) < 4.78 is 29.6. The normalized spacial score (nSPS) is 12.9. The van der Waals surface area contributed by atoms with Crippen molar-refractivity contribution < 1.29 is 18.4 Å². The molecule has 1 aromatic heterocycles. The number of amidine groups is 1. The summed E-state index contributed by atoms with van der Waals surface area (Å²) in [5, 5.41) is 30.7. The van der Waals surface area contributed by atoms with Crippen molar-refractivity contribution in [2.24, 2.45) is 10.3 Å². The fourth-order valence-corrected chi connectivity index (χ4v) is 2.63. The lowest BCUT2D eigenvalue weighted by Crippen LogP contribution is -2.29. The van der Waals surface area contributed by atoms with Gasteiger partial charge >= 0.3 is 0 Å². The van der Waals surface area contributed by atoms with Crippen molar-refractivity contribution in [1.82, 2.24) is 10.3 Å². The van der Waals surface area contributed by atoms with Gasteiger partial charge in [-0.1, -0.05) is 15.3 Å². The van der Waals surface area contributed by atoms with Gasteiger partial charge in [0, 0.05) is 24.2 Å². The van der Waals surface area contributed by atoms with E-state index < -0.39 is 15.9 Å². The van der Waals surface area contributed by atoms with Crippen LogP contribution in [-0.4, -0.2) is 44.1 Å². The molecule has 0 atom stereocenters. The highest BCUT2D eigenvalue weighted by atomic mass is 79.9. The molecule has 0 spiro atoms. The Hall–Kier alpha value is -2.05. The molecule has 0 saturated heterocycles. The predicted molar refractivity (Wildman–Crippen MR) is 93.3 cm³/mol. The molecular weight excluding hydrogens is 407 g/mol. The Kier molecular flexibility index (Phi) is 5.85. The van der Waals surface area contributed by atoms with E-state index in [2.05, 4.69) is 46.7 Å². The highest BCUT2D eigenvalue weighted by Crippen LogP contribution is 2.21. The Morgan fingerprint density at radius 3 is 2.92 bits per heavy atom. The first-order valence-corrected chi connectivity index (χ1v) is 9.86. The van der Waals surface area contributed by atoms with Gasteiger partial charge in [0.15, 0.2) is 5.69 Å². The van der Waals surface area contributed by atoms with Crippen LogP contribution >= 0.6 is 15.9 Å². The standard InChI is InChI=1S/C12H16BrFN6O3S/c1-24(15,22)5-4-16-11-10(19-23-20-11)12(18-21)17-7-2-3-9(14)8(13)6-7/h2-3,6,21,24H,4-5H2,1H3,(H2,15,22)(H,16,20)(H,17,18). The third kappa shape index (κ3) is 4.97. The van der Waals surface area contributed by atoms with Gasteiger partial charge in [0.25, 0.3) is 0 Å². The van der Waals surface area contributed by atoms with Crippen LogP contribution < -0.4 is 15.8 Å². The van der Waals surface area contributed by atoms with Gasteiger partial charge in [-0.15, -0.1) is 0 Å². The lowest BCUT2D eigenvalue weighted by molar-refractivity contribution is 0.305. The number of rotatable bonds is 6. The Labute approximate surface area is 146 Å². The average molecular weight is 423 g/mol. The Balaban J connectivity index is 2.12. The fourth-order valence-electron chi connectivity index (χ4n) is 1.70. The highest BCUT2D eigenvalue weighted by Gasteiger charge is 2.18. The van der Waals surface area contributed by atoms with E-state index in [9.17, 15) is 13.8 Å². The Bertz CT molecular complexity index is 793. The zero-order valence-corrected chi connectivity index (χ0v) is 15.0. The fraction of sp³-hybridized carbons (Fsp3) is 0.250. The molecule has 5 N–H and O–H groups in total. The van der Waals surface area contributed by atoms with Gasteiger partial charge in [-0.05, 0) is 44.4 Å². The van der Waals surface area contributed by atoms with Gasteiger partial charge in [-0.25, -0.2) is 9.02 Å². The van der Waals surface area contributed by atoms with Gasteiger partial charge in [-0.3, -0.25) is 9.35 Å². The molecule has 0 unspecified atom stereocenters. The topological polar surface area (TPSA) is 139 Å². The molecule has 24 heavy (non-hydrogen) atoms. The molecule has 2 rings (SSSR count). The van der Waals surface area contributed by atoms with E-state index in [0.29, 0.717) is 5.69 Å². The number of aromatic nitrogens is 2. The maximum atomic E-state index is 13.3. The van der Waals surface area contributed by atoms with Crippen molar-refractivity contribution in [3.8, 4) is 0 Å². The summed E-state index contributed by atoms with van der Waals surface area (Å²) in [4.78, 5) is 0. The minimum absolute atomic E-state index is 0.0651. The number of nitrogens with two attached hydrogens (primary N) is 1. The lowest BCUT2D eigenvalue weighted by atomic mass is 10.3. The largest absolute Gasteiger partial charge is 0.409 e. The zero-order chi connectivity index (χ0) is 17.7. The molecule has 0 aliphatic heterocycles. The van der Waals surface area contributed by atoms with Gasteiger partial charge in [0.2, 0.25) is 11.7 Å². The molecule has 2 aromatic rings. The van der Waals surface area contributed by atoms with E-state index in [-0.39, 0.29) is 34.1 Å². The Morgan fingerprint density at radius 1 is 1.54 bits per heavy atom. The van der Waals surface area contributed by atoms with Gasteiger partial charge in [0.1, 0.15) is 5.82 Å². The number of nitrogens with zero attached hydrogens (tertiary/aromatic N) is 3. The molecule has 0 fully saturated rings. The third-order valence-electron chi connectivity index (χ3n) is 2.84.